The van der Waals surface area contributed by atoms with Crippen molar-refractivity contribution in [3.8, 4) is 0 Å². The topological polar surface area (TPSA) is 46.4 Å². The molecule has 2 aromatic rings. The van der Waals surface area contributed by atoms with Crippen LogP contribution in [0.4, 0.5) is 0 Å². The highest BCUT2D eigenvalue weighted by Gasteiger charge is 2.22. The van der Waals surface area contributed by atoms with E-state index in [1.54, 1.807) is 11.3 Å². The first kappa shape index (κ1) is 16.9. The number of thiazole rings is 1. The Morgan fingerprint density at radius 2 is 2.09 bits per heavy atom. The highest BCUT2D eigenvalue weighted by molar-refractivity contribution is 7.18. The highest BCUT2D eigenvalue weighted by atomic mass is 32.1. The van der Waals surface area contributed by atoms with Crippen LogP contribution in [0.2, 0.25) is 0 Å². The first-order chi connectivity index (χ1) is 10.5. The van der Waals surface area contributed by atoms with Crippen molar-refractivity contribution in [3.05, 3.63) is 29.3 Å². The van der Waals surface area contributed by atoms with Gasteiger partial charge in [-0.25, -0.2) is 4.98 Å². The Morgan fingerprint density at radius 3 is 2.77 bits per heavy atom. The minimum Gasteiger partial charge on any atom is -0.349 e. The molecule has 0 bridgehead atoms. The number of aromatic nitrogens is 1. The van der Waals surface area contributed by atoms with Crippen LogP contribution in [0.15, 0.2) is 24.3 Å². The average molecular weight is 320 g/mol. The molecule has 0 saturated heterocycles. The fourth-order valence-corrected chi connectivity index (χ4v) is 3.64. The van der Waals surface area contributed by atoms with Crippen LogP contribution in [0, 0.1) is 0 Å². The molecule has 1 heterocycles. The van der Waals surface area contributed by atoms with Gasteiger partial charge in [0.1, 0.15) is 6.04 Å². The maximum Gasteiger partial charge on any atom is 0.275 e. The van der Waals surface area contributed by atoms with Crippen LogP contribution in [0.5, 0.6) is 0 Å². The Hall–Kier alpha value is -1.46. The lowest BCUT2D eigenvalue weighted by atomic mass is 10.2. The van der Waals surface area contributed by atoms with Gasteiger partial charge in [0.15, 0.2) is 11.6 Å². The molecule has 1 aromatic carbocycles. The summed E-state index contributed by atoms with van der Waals surface area (Å²) < 4.78 is 1.21. The van der Waals surface area contributed by atoms with Gasteiger partial charge < -0.3 is 10.2 Å². The summed E-state index contributed by atoms with van der Waals surface area (Å²) in [6.07, 6.45) is 2.12. The standard InChI is InChI=1S/C17H25N3OS/c1-5-8-12(2)18-16(21)11-20(4)13(3)17-19-14-9-6-7-10-15(14)22-17/h6-7,9-10,12-13H,5,8,11H2,1-4H3,(H,18,21)/p+1/t12-,13-/m0/s1. The summed E-state index contributed by atoms with van der Waals surface area (Å²) in [5, 5.41) is 4.16. The molecule has 22 heavy (non-hydrogen) atoms. The van der Waals surface area contributed by atoms with E-state index in [1.807, 2.05) is 18.2 Å². The second-order valence-corrected chi connectivity index (χ2v) is 7.08. The van der Waals surface area contributed by atoms with Crippen molar-refractivity contribution in [1.82, 2.24) is 10.3 Å². The van der Waals surface area contributed by atoms with Gasteiger partial charge in [0.2, 0.25) is 0 Å². The third-order valence-corrected chi connectivity index (χ3v) is 5.21. The van der Waals surface area contributed by atoms with E-state index in [2.05, 4.69) is 39.2 Å². The second kappa shape index (κ2) is 7.70. The molecule has 0 aliphatic carbocycles. The van der Waals surface area contributed by atoms with Gasteiger partial charge in [-0.1, -0.05) is 25.5 Å². The highest BCUT2D eigenvalue weighted by Crippen LogP contribution is 2.24. The van der Waals surface area contributed by atoms with Crippen molar-refractivity contribution in [2.75, 3.05) is 13.6 Å². The molecule has 2 rings (SSSR count). The third-order valence-electron chi connectivity index (χ3n) is 3.99. The number of likely N-dealkylation sites (N-methyl/N-ethyl adjacent to an activating group) is 1. The summed E-state index contributed by atoms with van der Waals surface area (Å²) in [5.41, 5.74) is 1.04. The summed E-state index contributed by atoms with van der Waals surface area (Å²) in [4.78, 5) is 18.0. The van der Waals surface area contributed by atoms with E-state index < -0.39 is 0 Å². The van der Waals surface area contributed by atoms with E-state index in [1.165, 1.54) is 9.60 Å². The van der Waals surface area contributed by atoms with Crippen LogP contribution in [0.25, 0.3) is 10.2 Å². The number of nitrogens with zero attached hydrogens (tertiary/aromatic N) is 1. The number of quaternary nitrogens is 1. The molecule has 1 amide bonds. The van der Waals surface area contributed by atoms with Crippen LogP contribution in [0.3, 0.4) is 0 Å². The van der Waals surface area contributed by atoms with Crippen molar-refractivity contribution < 1.29 is 9.69 Å². The van der Waals surface area contributed by atoms with Gasteiger partial charge in [-0.15, -0.1) is 11.3 Å². The molecule has 0 aliphatic heterocycles. The Labute approximate surface area is 136 Å². The number of amides is 1. The zero-order valence-corrected chi connectivity index (χ0v) is 14.7. The number of rotatable bonds is 7. The Kier molecular flexibility index (Phi) is 5.91. The number of carbonyl (C=O) groups excluding carboxylic acids is 1. The Morgan fingerprint density at radius 1 is 1.36 bits per heavy atom. The van der Waals surface area contributed by atoms with Crippen LogP contribution < -0.4 is 10.2 Å². The number of benzene rings is 1. The fourth-order valence-electron chi connectivity index (χ4n) is 2.52. The summed E-state index contributed by atoms with van der Waals surface area (Å²) >= 11 is 1.72. The zero-order valence-electron chi connectivity index (χ0n) is 13.8. The molecule has 120 valence electrons. The van der Waals surface area contributed by atoms with Crippen LogP contribution in [0.1, 0.15) is 44.7 Å². The summed E-state index contributed by atoms with van der Waals surface area (Å²) in [6, 6.07) is 8.64. The van der Waals surface area contributed by atoms with Gasteiger partial charge in [0, 0.05) is 6.04 Å². The second-order valence-electron chi connectivity index (χ2n) is 6.02. The molecule has 1 unspecified atom stereocenters. The number of hydrogen-bond donors (Lipinski definition) is 2. The summed E-state index contributed by atoms with van der Waals surface area (Å²) in [7, 11) is 2.06. The van der Waals surface area contributed by atoms with E-state index in [4.69, 9.17) is 4.98 Å². The molecule has 2 N–H and O–H groups in total. The number of hydrogen-bond acceptors (Lipinski definition) is 3. The van der Waals surface area contributed by atoms with Crippen molar-refractivity contribution in [2.24, 2.45) is 0 Å². The monoisotopic (exact) mass is 320 g/mol. The van der Waals surface area contributed by atoms with Gasteiger partial charge in [0.25, 0.3) is 5.91 Å². The van der Waals surface area contributed by atoms with Gasteiger partial charge in [0.05, 0.1) is 17.3 Å². The van der Waals surface area contributed by atoms with E-state index in [9.17, 15) is 4.79 Å². The normalized spacial score (nSPS) is 15.5. The first-order valence-electron chi connectivity index (χ1n) is 7.98. The Balaban J connectivity index is 1.96. The molecule has 5 heteroatoms. The molecule has 0 fully saturated rings. The first-order valence-corrected chi connectivity index (χ1v) is 8.80. The fraction of sp³-hybridized carbons (Fsp3) is 0.529. The van der Waals surface area contributed by atoms with Crippen LogP contribution in [-0.2, 0) is 4.79 Å². The molecular weight excluding hydrogens is 294 g/mol. The van der Waals surface area contributed by atoms with E-state index in [0.29, 0.717) is 6.54 Å². The molecular formula is C17H26N3OS+. The average Bonchev–Trinajstić information content (AvgIpc) is 2.90. The van der Waals surface area contributed by atoms with Crippen molar-refractivity contribution in [1.29, 1.82) is 0 Å². The number of fused-ring (bicyclic) bond motifs is 1. The van der Waals surface area contributed by atoms with Gasteiger partial charge in [-0.2, -0.15) is 0 Å². The lowest BCUT2D eigenvalue weighted by Crippen LogP contribution is -3.10. The SMILES string of the molecule is CCC[C@H](C)NC(=O)C[NH+](C)[C@@H](C)c1nc2ccccc2s1. The zero-order chi connectivity index (χ0) is 16.1. The van der Waals surface area contributed by atoms with Crippen LogP contribution in [-0.4, -0.2) is 30.5 Å². The number of para-hydroxylation sites is 1. The smallest absolute Gasteiger partial charge is 0.275 e. The van der Waals surface area contributed by atoms with E-state index in [0.717, 1.165) is 23.4 Å². The number of nitrogens with one attached hydrogen (secondary N) is 2. The number of carbonyl (C=O) groups is 1. The predicted molar refractivity (Wildman–Crippen MR) is 92.3 cm³/mol. The predicted octanol–water partition coefficient (Wildman–Crippen LogP) is 2.18. The largest absolute Gasteiger partial charge is 0.349 e. The van der Waals surface area contributed by atoms with Gasteiger partial charge >= 0.3 is 0 Å². The molecule has 0 aliphatic rings. The molecule has 4 nitrogen and oxygen atoms in total. The van der Waals surface area contributed by atoms with Crippen molar-refractivity contribution in [3.63, 3.8) is 0 Å². The van der Waals surface area contributed by atoms with Crippen molar-refractivity contribution in [2.45, 2.75) is 45.7 Å². The van der Waals surface area contributed by atoms with Gasteiger partial charge in [-0.05, 0) is 32.4 Å². The molecule has 3 atom stereocenters. The molecule has 0 spiro atoms. The maximum atomic E-state index is 12.1. The van der Waals surface area contributed by atoms with E-state index >= 15 is 0 Å². The Bertz CT molecular complexity index is 592. The summed E-state index contributed by atoms with van der Waals surface area (Å²) in [5.74, 6) is 0.117. The minimum absolute atomic E-state index is 0.117. The molecule has 0 saturated carbocycles. The van der Waals surface area contributed by atoms with Crippen molar-refractivity contribution >= 4 is 27.5 Å². The quantitative estimate of drug-likeness (QED) is 0.821. The third kappa shape index (κ3) is 4.27. The summed E-state index contributed by atoms with van der Waals surface area (Å²) in [6.45, 7) is 6.81. The van der Waals surface area contributed by atoms with Gasteiger partial charge in [-0.3, -0.25) is 4.79 Å². The minimum atomic E-state index is 0.117. The molecule has 1 aromatic heterocycles. The maximum absolute atomic E-state index is 12.1. The van der Waals surface area contributed by atoms with E-state index in [-0.39, 0.29) is 18.0 Å². The molecule has 0 radical (unpaired) electrons. The lowest BCUT2D eigenvalue weighted by molar-refractivity contribution is -0.902. The lowest BCUT2D eigenvalue weighted by Gasteiger charge is -2.20. The van der Waals surface area contributed by atoms with Crippen LogP contribution >= 0.6 is 11.3 Å².